The van der Waals surface area contributed by atoms with E-state index in [1.54, 1.807) is 6.07 Å². The number of carboxylic acid groups (broad SMARTS) is 1. The molecular formula is C31H28ClN3O3. The zero-order chi connectivity index (χ0) is 26.1. The summed E-state index contributed by atoms with van der Waals surface area (Å²) in [7, 11) is 0. The number of nitrogens with one attached hydrogen (secondary N) is 1. The van der Waals surface area contributed by atoms with Crippen molar-refractivity contribution >= 4 is 34.4 Å². The number of benzene rings is 2. The topological polar surface area (TPSA) is 84.2 Å². The molecule has 7 heteroatoms. The summed E-state index contributed by atoms with van der Waals surface area (Å²) in [5.41, 5.74) is 4.07. The molecule has 2 heterocycles. The summed E-state index contributed by atoms with van der Waals surface area (Å²) in [5.74, 6) is -0.867. The van der Waals surface area contributed by atoms with Gasteiger partial charge in [-0.05, 0) is 73.3 Å². The molecule has 2 bridgehead atoms. The van der Waals surface area contributed by atoms with E-state index in [1.165, 1.54) is 0 Å². The zero-order valence-electron chi connectivity index (χ0n) is 20.9. The maximum absolute atomic E-state index is 13.8. The van der Waals surface area contributed by atoms with Crippen molar-refractivity contribution in [2.75, 3.05) is 0 Å². The number of aromatic nitrogens is 2. The van der Waals surface area contributed by atoms with Crippen molar-refractivity contribution in [1.82, 2.24) is 14.9 Å². The number of amides is 1. The van der Waals surface area contributed by atoms with Gasteiger partial charge in [-0.2, -0.15) is 0 Å². The van der Waals surface area contributed by atoms with Crippen molar-refractivity contribution < 1.29 is 14.7 Å². The number of aliphatic carboxylic acids is 1. The Kier molecular flexibility index (Phi) is 5.21. The standard InChI is InChI=1S/C31H28ClN3O3/c32-23-12-20-8-11-35(18-24-7-6-21(17-33-24)19-4-2-1-3-5-19)27(20)25(13-23)28(36)34-31(9-10-31)30-14-22(15-30)26(16-30)29(37)38/h1-8,11-13,17,22,26H,9-10,14-16,18H2,(H,34,36)(H,37,38)/t22?,26-,30?/m0/s1. The maximum Gasteiger partial charge on any atom is 0.306 e. The molecule has 4 aromatic rings. The SMILES string of the molecule is O=C(NC1(C23CC(C2)[C@@H](C(=O)O)C3)CC1)c1cc(Cl)cc2ccn(Cc3ccc(-c4ccccc4)cn3)c12. The van der Waals surface area contributed by atoms with Crippen molar-refractivity contribution in [2.45, 2.75) is 44.2 Å². The molecule has 4 fully saturated rings. The van der Waals surface area contributed by atoms with Gasteiger partial charge in [-0.1, -0.05) is 48.0 Å². The molecule has 2 aromatic carbocycles. The lowest BCUT2D eigenvalue weighted by Gasteiger charge is -2.46. The second-order valence-corrected chi connectivity index (χ2v) is 11.8. The number of carbonyl (C=O) groups excluding carboxylic acids is 1. The van der Waals surface area contributed by atoms with Gasteiger partial charge in [-0.15, -0.1) is 0 Å². The number of hydrogen-bond acceptors (Lipinski definition) is 3. The van der Waals surface area contributed by atoms with Gasteiger partial charge in [0.05, 0.1) is 29.2 Å². The van der Waals surface area contributed by atoms with Gasteiger partial charge in [0.15, 0.2) is 0 Å². The van der Waals surface area contributed by atoms with Crippen LogP contribution in [0.15, 0.2) is 73.1 Å². The summed E-state index contributed by atoms with van der Waals surface area (Å²) >= 11 is 6.45. The molecule has 4 aliphatic rings. The average molecular weight is 526 g/mol. The van der Waals surface area contributed by atoms with Crippen LogP contribution in [0.3, 0.4) is 0 Å². The molecule has 8 rings (SSSR count). The highest BCUT2D eigenvalue weighted by atomic mass is 35.5. The highest BCUT2D eigenvalue weighted by molar-refractivity contribution is 6.32. The number of carbonyl (C=O) groups is 2. The van der Waals surface area contributed by atoms with Crippen LogP contribution in [-0.2, 0) is 11.3 Å². The Morgan fingerprint density at radius 3 is 2.47 bits per heavy atom. The Morgan fingerprint density at radius 1 is 1.03 bits per heavy atom. The van der Waals surface area contributed by atoms with Crippen LogP contribution in [0.4, 0.5) is 0 Å². The van der Waals surface area contributed by atoms with Gasteiger partial charge in [0, 0.05) is 33.9 Å². The second-order valence-electron chi connectivity index (χ2n) is 11.4. The first-order valence-corrected chi connectivity index (χ1v) is 13.6. The van der Waals surface area contributed by atoms with E-state index in [0.29, 0.717) is 23.6 Å². The molecule has 0 unspecified atom stereocenters. The minimum Gasteiger partial charge on any atom is -0.481 e. The van der Waals surface area contributed by atoms with Crippen LogP contribution < -0.4 is 5.32 Å². The quantitative estimate of drug-likeness (QED) is 0.302. The van der Waals surface area contributed by atoms with Crippen LogP contribution in [0.1, 0.15) is 48.2 Å². The van der Waals surface area contributed by atoms with Crippen molar-refractivity contribution in [2.24, 2.45) is 17.3 Å². The third-order valence-corrected chi connectivity index (χ3v) is 9.47. The fourth-order valence-corrected chi connectivity index (χ4v) is 7.39. The van der Waals surface area contributed by atoms with E-state index in [0.717, 1.165) is 53.4 Å². The summed E-state index contributed by atoms with van der Waals surface area (Å²) in [5, 5.41) is 14.4. The summed E-state index contributed by atoms with van der Waals surface area (Å²) < 4.78 is 2.05. The van der Waals surface area contributed by atoms with Gasteiger partial charge in [0.2, 0.25) is 0 Å². The predicted octanol–water partition coefficient (Wildman–Crippen LogP) is 6.17. The van der Waals surface area contributed by atoms with Crippen LogP contribution in [0.2, 0.25) is 5.02 Å². The first-order valence-electron chi connectivity index (χ1n) is 13.2. The molecule has 2 aromatic heterocycles. The molecule has 1 atom stereocenters. The Morgan fingerprint density at radius 2 is 1.82 bits per heavy atom. The van der Waals surface area contributed by atoms with Crippen LogP contribution in [0.5, 0.6) is 0 Å². The minimum absolute atomic E-state index is 0.0828. The number of pyridine rings is 1. The number of fused-ring (bicyclic) bond motifs is 2. The van der Waals surface area contributed by atoms with Crippen LogP contribution in [0, 0.1) is 17.3 Å². The molecule has 4 aliphatic carbocycles. The van der Waals surface area contributed by atoms with Gasteiger partial charge in [0.1, 0.15) is 0 Å². The van der Waals surface area contributed by atoms with Gasteiger partial charge < -0.3 is 15.0 Å². The van der Waals surface area contributed by atoms with E-state index < -0.39 is 5.97 Å². The van der Waals surface area contributed by atoms with Crippen molar-refractivity contribution in [3.05, 3.63) is 89.3 Å². The Balaban J connectivity index is 1.16. The van der Waals surface area contributed by atoms with Crippen LogP contribution in [0.25, 0.3) is 22.0 Å². The number of halogens is 1. The van der Waals surface area contributed by atoms with E-state index in [9.17, 15) is 14.7 Å². The molecule has 0 aliphatic heterocycles. The fourth-order valence-electron chi connectivity index (χ4n) is 7.17. The molecule has 2 N–H and O–H groups in total. The van der Waals surface area contributed by atoms with E-state index in [-0.39, 0.29) is 28.7 Å². The van der Waals surface area contributed by atoms with Crippen molar-refractivity contribution in [3.63, 3.8) is 0 Å². The highest BCUT2D eigenvalue weighted by Crippen LogP contribution is 2.72. The number of nitrogens with zero attached hydrogens (tertiary/aromatic N) is 2. The lowest BCUT2D eigenvalue weighted by molar-refractivity contribution is -0.142. The normalized spacial score (nSPS) is 24.7. The zero-order valence-corrected chi connectivity index (χ0v) is 21.6. The summed E-state index contributed by atoms with van der Waals surface area (Å²) in [4.78, 5) is 30.2. The Labute approximate surface area is 225 Å². The maximum atomic E-state index is 13.8. The third-order valence-electron chi connectivity index (χ3n) is 9.25. The summed E-state index contributed by atoms with van der Waals surface area (Å²) in [6.07, 6.45) is 8.13. The summed E-state index contributed by atoms with van der Waals surface area (Å²) in [6, 6.07) is 19.8. The van der Waals surface area contributed by atoms with E-state index in [4.69, 9.17) is 16.6 Å². The summed E-state index contributed by atoms with van der Waals surface area (Å²) in [6.45, 7) is 0.525. The van der Waals surface area contributed by atoms with Crippen molar-refractivity contribution in [3.8, 4) is 11.1 Å². The molecule has 4 saturated carbocycles. The van der Waals surface area contributed by atoms with E-state index in [2.05, 4.69) is 28.1 Å². The first kappa shape index (κ1) is 23.5. The van der Waals surface area contributed by atoms with Gasteiger partial charge in [-0.3, -0.25) is 14.6 Å². The second kappa shape index (κ2) is 8.43. The van der Waals surface area contributed by atoms with Gasteiger partial charge in [-0.25, -0.2) is 0 Å². The minimum atomic E-state index is -0.698. The molecule has 38 heavy (non-hydrogen) atoms. The van der Waals surface area contributed by atoms with E-state index in [1.807, 2.05) is 48.8 Å². The number of hydrogen-bond donors (Lipinski definition) is 2. The van der Waals surface area contributed by atoms with Gasteiger partial charge in [0.25, 0.3) is 5.91 Å². The van der Waals surface area contributed by atoms with Gasteiger partial charge >= 0.3 is 5.97 Å². The Bertz CT molecular complexity index is 1570. The molecule has 1 amide bonds. The molecule has 0 saturated heterocycles. The first-order chi connectivity index (χ1) is 18.4. The third kappa shape index (κ3) is 3.65. The number of rotatable bonds is 7. The van der Waals surface area contributed by atoms with Crippen LogP contribution in [-0.4, -0.2) is 32.1 Å². The number of carboxylic acids is 1. The largest absolute Gasteiger partial charge is 0.481 e. The lowest BCUT2D eigenvalue weighted by atomic mass is 9.63. The molecule has 6 nitrogen and oxygen atoms in total. The van der Waals surface area contributed by atoms with Crippen molar-refractivity contribution in [1.29, 1.82) is 0 Å². The molecule has 192 valence electrons. The molecule has 0 spiro atoms. The predicted molar refractivity (Wildman–Crippen MR) is 146 cm³/mol. The molecular weight excluding hydrogens is 498 g/mol. The average Bonchev–Trinajstić information content (AvgIpc) is 3.24. The van der Waals surface area contributed by atoms with E-state index >= 15 is 0 Å². The monoisotopic (exact) mass is 525 g/mol. The highest BCUT2D eigenvalue weighted by Gasteiger charge is 2.71. The fraction of sp³-hybridized carbons (Fsp3) is 0.323. The smallest absolute Gasteiger partial charge is 0.306 e. The Hall–Kier alpha value is -3.64. The van der Waals surface area contributed by atoms with Crippen LogP contribution >= 0.6 is 11.6 Å². The lowest BCUT2D eigenvalue weighted by Crippen LogP contribution is -2.52. The molecule has 0 radical (unpaired) electrons.